The van der Waals surface area contributed by atoms with Crippen LogP contribution in [0.3, 0.4) is 0 Å². The van der Waals surface area contributed by atoms with E-state index in [0.717, 1.165) is 0 Å². The van der Waals surface area contributed by atoms with E-state index in [1.54, 1.807) is 13.0 Å². The molecule has 11 nitrogen and oxygen atoms in total. The molecule has 4 aliphatic rings. The molecular weight excluding hydrogens is 548 g/mol. The summed E-state index contributed by atoms with van der Waals surface area (Å²) in [4.78, 5) is 51.2. The summed E-state index contributed by atoms with van der Waals surface area (Å²) in [5.41, 5.74) is -5.48. The maximum absolute atomic E-state index is 13.3. The monoisotopic (exact) mass is 588 g/mol. The Morgan fingerprint density at radius 3 is 2.33 bits per heavy atom. The number of methoxy groups -OCH3 is 1. The van der Waals surface area contributed by atoms with Gasteiger partial charge in [-0.15, -0.1) is 0 Å². The third kappa shape index (κ3) is 3.85. The highest BCUT2D eigenvalue weighted by molar-refractivity contribution is 5.75. The number of cyclic esters (lactones) is 1. The molecule has 2 saturated carbocycles. The Hall–Kier alpha value is -3.18. The molecule has 2 aliphatic carbocycles. The van der Waals surface area contributed by atoms with E-state index in [1.165, 1.54) is 33.5 Å². The Kier molecular flexibility index (Phi) is 6.97. The van der Waals surface area contributed by atoms with Crippen LogP contribution in [0, 0.1) is 22.2 Å². The van der Waals surface area contributed by atoms with E-state index >= 15 is 0 Å². The molecule has 11 heteroatoms. The minimum absolute atomic E-state index is 0.149. The van der Waals surface area contributed by atoms with Crippen LogP contribution in [0.15, 0.2) is 35.2 Å². The predicted molar refractivity (Wildman–Crippen MR) is 144 cm³/mol. The van der Waals surface area contributed by atoms with Crippen LogP contribution in [0.1, 0.15) is 78.9 Å². The van der Waals surface area contributed by atoms with Crippen molar-refractivity contribution in [2.24, 2.45) is 22.2 Å². The largest absolute Gasteiger partial charge is 0.472 e. The molecule has 4 fully saturated rings. The topological polar surface area (TPSA) is 148 Å². The molecule has 1 N–H and O–H groups in total. The van der Waals surface area contributed by atoms with Gasteiger partial charge >= 0.3 is 23.9 Å². The molecule has 1 aromatic heterocycles. The molecule has 0 aromatic carbocycles. The molecule has 1 spiro atoms. The molecule has 0 amide bonds. The van der Waals surface area contributed by atoms with Gasteiger partial charge in [0, 0.05) is 42.1 Å². The average Bonchev–Trinajstić information content (AvgIpc) is 3.44. The zero-order chi connectivity index (χ0) is 31.0. The van der Waals surface area contributed by atoms with Gasteiger partial charge in [0.1, 0.15) is 23.9 Å². The second kappa shape index (κ2) is 9.67. The summed E-state index contributed by atoms with van der Waals surface area (Å²) >= 11 is 0. The molecule has 1 aromatic rings. The van der Waals surface area contributed by atoms with Gasteiger partial charge in [-0.1, -0.05) is 34.3 Å². The van der Waals surface area contributed by atoms with Gasteiger partial charge in [-0.05, 0) is 30.4 Å². The maximum Gasteiger partial charge on any atom is 0.309 e. The number of carbonyl (C=O) groups excluding carboxylic acids is 4. The third-order valence-electron chi connectivity index (χ3n) is 10.9. The fraction of sp³-hybridized carbons (Fsp3) is 0.677. The van der Waals surface area contributed by atoms with Crippen LogP contribution >= 0.6 is 0 Å². The average molecular weight is 589 g/mol. The Bertz CT molecular complexity index is 1320. The van der Waals surface area contributed by atoms with Crippen LogP contribution in [0.5, 0.6) is 0 Å². The highest BCUT2D eigenvalue weighted by atomic mass is 16.6. The van der Waals surface area contributed by atoms with Gasteiger partial charge < -0.3 is 33.2 Å². The van der Waals surface area contributed by atoms with Crippen molar-refractivity contribution in [3.05, 3.63) is 36.3 Å². The number of hydrogen-bond donors (Lipinski definition) is 1. The predicted octanol–water partition coefficient (Wildman–Crippen LogP) is 3.58. The molecule has 3 heterocycles. The van der Waals surface area contributed by atoms with Gasteiger partial charge in [0.15, 0.2) is 6.10 Å². The number of rotatable bonds is 5. The van der Waals surface area contributed by atoms with Crippen molar-refractivity contribution in [1.82, 2.24) is 0 Å². The SMILES string of the molecule is C=C1[C@]2(O)CC[C@@]3(C)[C@H](c4ccoc4)OC(=O)C[C@]13O[C@H]1[C@@H](OC(C)=O)[C@@H](OC(C)=O)C(C)(C)[C@H](CC(=O)OC)[C@]12C. The van der Waals surface area contributed by atoms with E-state index in [1.807, 2.05) is 20.8 Å². The van der Waals surface area contributed by atoms with Crippen molar-refractivity contribution in [1.29, 1.82) is 0 Å². The Balaban J connectivity index is 1.77. The fourth-order valence-electron chi connectivity index (χ4n) is 8.79. The molecule has 2 aliphatic heterocycles. The first-order chi connectivity index (χ1) is 19.5. The fourth-order valence-corrected chi connectivity index (χ4v) is 8.79. The van der Waals surface area contributed by atoms with Gasteiger partial charge in [-0.3, -0.25) is 19.2 Å². The second-order valence-electron chi connectivity index (χ2n) is 13.3. The minimum atomic E-state index is -1.69. The number of hydrogen-bond acceptors (Lipinski definition) is 11. The van der Waals surface area contributed by atoms with Crippen molar-refractivity contribution in [2.45, 2.75) is 103 Å². The van der Waals surface area contributed by atoms with Crippen molar-refractivity contribution in [2.75, 3.05) is 7.11 Å². The van der Waals surface area contributed by atoms with Crippen molar-refractivity contribution >= 4 is 23.9 Å². The lowest BCUT2D eigenvalue weighted by Crippen LogP contribution is -2.82. The number of esters is 4. The molecule has 9 atom stereocenters. The van der Waals surface area contributed by atoms with Gasteiger partial charge in [0.25, 0.3) is 0 Å². The first kappa shape index (κ1) is 30.3. The van der Waals surface area contributed by atoms with Crippen LogP contribution in [-0.2, 0) is 42.9 Å². The lowest BCUT2D eigenvalue weighted by atomic mass is 9.39. The quantitative estimate of drug-likeness (QED) is 0.306. The molecule has 2 bridgehead atoms. The number of furan rings is 1. The highest BCUT2D eigenvalue weighted by Gasteiger charge is 2.80. The summed E-state index contributed by atoms with van der Waals surface area (Å²) in [7, 11) is 1.28. The van der Waals surface area contributed by atoms with Crippen LogP contribution in [-0.4, -0.2) is 65.6 Å². The molecular formula is C31H40O11. The van der Waals surface area contributed by atoms with Crippen molar-refractivity contribution in [3.8, 4) is 0 Å². The summed E-state index contributed by atoms with van der Waals surface area (Å²) in [5, 5.41) is 12.9. The molecule has 230 valence electrons. The molecule has 0 unspecified atom stereocenters. The smallest absolute Gasteiger partial charge is 0.309 e. The second-order valence-corrected chi connectivity index (χ2v) is 13.3. The van der Waals surface area contributed by atoms with Crippen LogP contribution in [0.4, 0.5) is 0 Å². The van der Waals surface area contributed by atoms with E-state index in [-0.39, 0.29) is 19.3 Å². The number of fused-ring (bicyclic) bond motifs is 3. The minimum Gasteiger partial charge on any atom is -0.472 e. The summed E-state index contributed by atoms with van der Waals surface area (Å²) in [6.07, 6.45) is -1.02. The summed E-state index contributed by atoms with van der Waals surface area (Å²) < 4.78 is 35.1. The lowest BCUT2D eigenvalue weighted by molar-refractivity contribution is -0.367. The first-order valence-electron chi connectivity index (χ1n) is 14.2. The lowest BCUT2D eigenvalue weighted by Gasteiger charge is -2.74. The third-order valence-corrected chi connectivity index (χ3v) is 10.9. The molecule has 5 rings (SSSR count). The number of carbonyl (C=O) groups is 4. The van der Waals surface area contributed by atoms with E-state index in [0.29, 0.717) is 17.6 Å². The summed E-state index contributed by atoms with van der Waals surface area (Å²) in [6, 6.07) is 1.71. The van der Waals surface area contributed by atoms with E-state index < -0.39 is 81.7 Å². The van der Waals surface area contributed by atoms with Crippen molar-refractivity contribution in [3.63, 3.8) is 0 Å². The molecule has 42 heavy (non-hydrogen) atoms. The number of aliphatic hydroxyl groups is 1. The zero-order valence-corrected chi connectivity index (χ0v) is 25.2. The van der Waals surface area contributed by atoms with E-state index in [2.05, 4.69) is 6.58 Å². The summed E-state index contributed by atoms with van der Waals surface area (Å²) in [5.74, 6) is -3.06. The standard InChI is InChI=1S/C31H40O11/c1-16-30(36)11-10-28(6)24(19-9-12-38-15-19)41-22(35)14-31(16,28)42-26-23(39-17(2)32)25(40-18(3)33)27(4,5)20(29(26,30)7)13-21(34)37-8/h9,12,15,20,23-26,36H,1,10-11,13-14H2,2-8H3/t20-,23-,24-,25+,26-,28-,29+,30+,31-/m0/s1. The maximum atomic E-state index is 13.3. The van der Waals surface area contributed by atoms with E-state index in [4.69, 9.17) is 28.1 Å². The Labute approximate surface area is 244 Å². The van der Waals surface area contributed by atoms with Gasteiger partial charge in [-0.25, -0.2) is 0 Å². The molecule has 2 saturated heterocycles. The highest BCUT2D eigenvalue weighted by Crippen LogP contribution is 2.73. The van der Waals surface area contributed by atoms with Crippen molar-refractivity contribution < 1.29 is 52.4 Å². The van der Waals surface area contributed by atoms with Crippen LogP contribution in [0.25, 0.3) is 0 Å². The summed E-state index contributed by atoms with van der Waals surface area (Å²) in [6.45, 7) is 14.2. The normalized spacial score (nSPS) is 42.0. The zero-order valence-electron chi connectivity index (χ0n) is 25.2. The van der Waals surface area contributed by atoms with Gasteiger partial charge in [0.05, 0.1) is 31.7 Å². The Morgan fingerprint density at radius 2 is 1.76 bits per heavy atom. The Morgan fingerprint density at radius 1 is 1.10 bits per heavy atom. The van der Waals surface area contributed by atoms with Gasteiger partial charge in [0.2, 0.25) is 0 Å². The first-order valence-corrected chi connectivity index (χ1v) is 14.2. The van der Waals surface area contributed by atoms with E-state index in [9.17, 15) is 24.3 Å². The molecule has 0 radical (unpaired) electrons. The number of ether oxygens (including phenoxy) is 5. The van der Waals surface area contributed by atoms with Crippen LogP contribution in [0.2, 0.25) is 0 Å². The van der Waals surface area contributed by atoms with Gasteiger partial charge in [-0.2, -0.15) is 0 Å². The van der Waals surface area contributed by atoms with Crippen LogP contribution < -0.4 is 0 Å².